The van der Waals surface area contributed by atoms with Gasteiger partial charge < -0.3 is 10.4 Å². The van der Waals surface area contributed by atoms with Gasteiger partial charge in [0.2, 0.25) is 0 Å². The van der Waals surface area contributed by atoms with E-state index in [-0.39, 0.29) is 23.6 Å². The van der Waals surface area contributed by atoms with Gasteiger partial charge >= 0.3 is 5.97 Å². The van der Waals surface area contributed by atoms with Crippen molar-refractivity contribution in [1.29, 1.82) is 0 Å². The van der Waals surface area contributed by atoms with E-state index in [2.05, 4.69) is 15.6 Å². The minimum absolute atomic E-state index is 0.118. The van der Waals surface area contributed by atoms with Crippen molar-refractivity contribution < 1.29 is 14.7 Å². The highest BCUT2D eigenvalue weighted by atomic mass is 16.4. The molecule has 1 heterocycles. The molecule has 1 aliphatic rings. The Morgan fingerprint density at radius 2 is 2.17 bits per heavy atom. The molecule has 2 N–H and O–H groups in total. The molecule has 0 aliphatic heterocycles. The fourth-order valence-corrected chi connectivity index (χ4v) is 2.86. The number of aromatic nitrogens is 3. The van der Waals surface area contributed by atoms with E-state index in [0.717, 1.165) is 11.3 Å². The normalized spacial score (nSPS) is 20.4. The second kappa shape index (κ2) is 6.20. The van der Waals surface area contributed by atoms with Crippen LogP contribution in [0.1, 0.15) is 35.3 Å². The van der Waals surface area contributed by atoms with Crippen molar-refractivity contribution in [3.63, 3.8) is 0 Å². The standard InChI is InChI=1S/C16H18N4O3/c1-10-3-2-4-13(7-10)20-9-14(18-19-20)15(21)17-12-6-5-11(8-12)16(22)23/h2-4,7,9,11-12H,5-6,8H2,1H3,(H,17,21)(H,22,23)/t11-,12+/m1/s1. The van der Waals surface area contributed by atoms with Crippen LogP contribution in [0.3, 0.4) is 0 Å². The van der Waals surface area contributed by atoms with Gasteiger partial charge in [0.1, 0.15) is 0 Å². The molecule has 7 heteroatoms. The summed E-state index contributed by atoms with van der Waals surface area (Å²) in [6, 6.07) is 7.61. The Hall–Kier alpha value is -2.70. The summed E-state index contributed by atoms with van der Waals surface area (Å²) in [7, 11) is 0. The number of carbonyl (C=O) groups is 2. The van der Waals surface area contributed by atoms with Crippen LogP contribution in [0.15, 0.2) is 30.5 Å². The first-order valence-corrected chi connectivity index (χ1v) is 7.56. The maximum atomic E-state index is 12.2. The van der Waals surface area contributed by atoms with Crippen LogP contribution >= 0.6 is 0 Å². The molecule has 120 valence electrons. The molecule has 1 aliphatic carbocycles. The summed E-state index contributed by atoms with van der Waals surface area (Å²) in [5.41, 5.74) is 2.16. The van der Waals surface area contributed by atoms with Gasteiger partial charge in [0.05, 0.1) is 17.8 Å². The number of benzene rings is 1. The van der Waals surface area contributed by atoms with Gasteiger partial charge in [-0.1, -0.05) is 17.3 Å². The molecule has 0 unspecified atom stereocenters. The van der Waals surface area contributed by atoms with E-state index >= 15 is 0 Å². The van der Waals surface area contributed by atoms with E-state index in [9.17, 15) is 9.59 Å². The number of rotatable bonds is 4. The van der Waals surface area contributed by atoms with Crippen LogP contribution in [0.2, 0.25) is 0 Å². The van der Waals surface area contributed by atoms with E-state index < -0.39 is 5.97 Å². The lowest BCUT2D eigenvalue weighted by molar-refractivity contribution is -0.141. The number of hydrogen-bond acceptors (Lipinski definition) is 4. The van der Waals surface area contributed by atoms with Crippen molar-refractivity contribution >= 4 is 11.9 Å². The molecule has 1 saturated carbocycles. The molecular formula is C16H18N4O3. The fourth-order valence-electron chi connectivity index (χ4n) is 2.86. The molecular weight excluding hydrogens is 296 g/mol. The first kappa shape index (κ1) is 15.2. The molecule has 23 heavy (non-hydrogen) atoms. The molecule has 2 atom stereocenters. The van der Waals surface area contributed by atoms with Crippen molar-refractivity contribution in [1.82, 2.24) is 20.3 Å². The van der Waals surface area contributed by atoms with E-state index in [1.165, 1.54) is 0 Å². The summed E-state index contributed by atoms with van der Waals surface area (Å²) < 4.78 is 1.55. The van der Waals surface area contributed by atoms with Gasteiger partial charge in [0.15, 0.2) is 5.69 Å². The smallest absolute Gasteiger partial charge is 0.306 e. The van der Waals surface area contributed by atoms with E-state index in [4.69, 9.17) is 5.11 Å². The third-order valence-corrected chi connectivity index (χ3v) is 4.11. The lowest BCUT2D eigenvalue weighted by Crippen LogP contribution is -2.33. The predicted molar refractivity (Wildman–Crippen MR) is 82.3 cm³/mol. The lowest BCUT2D eigenvalue weighted by Gasteiger charge is -2.10. The van der Waals surface area contributed by atoms with Gasteiger partial charge in [-0.05, 0) is 43.9 Å². The molecule has 3 rings (SSSR count). The Labute approximate surface area is 133 Å². The van der Waals surface area contributed by atoms with Gasteiger partial charge in [-0.15, -0.1) is 5.10 Å². The van der Waals surface area contributed by atoms with E-state index in [0.29, 0.717) is 19.3 Å². The van der Waals surface area contributed by atoms with Gasteiger partial charge in [0.25, 0.3) is 5.91 Å². The zero-order valence-electron chi connectivity index (χ0n) is 12.8. The summed E-state index contributed by atoms with van der Waals surface area (Å²) in [4.78, 5) is 23.2. The quantitative estimate of drug-likeness (QED) is 0.892. The molecule has 0 radical (unpaired) electrons. The number of hydrogen-bond donors (Lipinski definition) is 2. The largest absolute Gasteiger partial charge is 0.481 e. The summed E-state index contributed by atoms with van der Waals surface area (Å²) in [6.45, 7) is 1.98. The molecule has 1 fully saturated rings. The molecule has 1 aromatic carbocycles. The minimum atomic E-state index is -0.799. The molecule has 0 spiro atoms. The molecule has 1 aromatic heterocycles. The number of aliphatic carboxylic acids is 1. The second-order valence-corrected chi connectivity index (χ2v) is 5.91. The number of nitrogens with zero attached hydrogens (tertiary/aromatic N) is 3. The Bertz CT molecular complexity index is 740. The SMILES string of the molecule is Cc1cccc(-n2cc(C(=O)N[C@H]3CC[C@@H](C(=O)O)C3)nn2)c1. The van der Waals surface area contributed by atoms with Crippen molar-refractivity contribution in [3.05, 3.63) is 41.7 Å². The number of carboxylic acids is 1. The van der Waals surface area contributed by atoms with E-state index in [1.54, 1.807) is 10.9 Å². The zero-order valence-corrected chi connectivity index (χ0v) is 12.8. The molecule has 7 nitrogen and oxygen atoms in total. The lowest BCUT2D eigenvalue weighted by atomic mass is 10.1. The van der Waals surface area contributed by atoms with Crippen molar-refractivity contribution in [2.75, 3.05) is 0 Å². The summed E-state index contributed by atoms with van der Waals surface area (Å²) in [5.74, 6) is -1.49. The minimum Gasteiger partial charge on any atom is -0.481 e. The highest BCUT2D eigenvalue weighted by Crippen LogP contribution is 2.25. The van der Waals surface area contributed by atoms with Gasteiger partial charge in [-0.3, -0.25) is 9.59 Å². The Morgan fingerprint density at radius 3 is 2.87 bits per heavy atom. The second-order valence-electron chi connectivity index (χ2n) is 5.91. The van der Waals surface area contributed by atoms with Gasteiger partial charge in [-0.2, -0.15) is 0 Å². The topological polar surface area (TPSA) is 97.1 Å². The molecule has 2 aromatic rings. The van der Waals surface area contributed by atoms with Crippen LogP contribution in [0.5, 0.6) is 0 Å². The first-order valence-electron chi connectivity index (χ1n) is 7.56. The third-order valence-electron chi connectivity index (χ3n) is 4.11. The predicted octanol–water partition coefficient (Wildman–Crippen LogP) is 1.56. The maximum Gasteiger partial charge on any atom is 0.306 e. The molecule has 0 saturated heterocycles. The van der Waals surface area contributed by atoms with Crippen LogP contribution in [0, 0.1) is 12.8 Å². The number of amides is 1. The Balaban J connectivity index is 1.66. The summed E-state index contributed by atoms with van der Waals surface area (Å²) >= 11 is 0. The van der Waals surface area contributed by atoms with Crippen LogP contribution in [-0.2, 0) is 4.79 Å². The van der Waals surface area contributed by atoms with Crippen LogP contribution in [-0.4, -0.2) is 38.0 Å². The highest BCUT2D eigenvalue weighted by molar-refractivity contribution is 5.92. The average molecular weight is 314 g/mol. The van der Waals surface area contributed by atoms with Crippen LogP contribution < -0.4 is 5.32 Å². The Morgan fingerprint density at radius 1 is 1.35 bits per heavy atom. The van der Waals surface area contributed by atoms with Crippen molar-refractivity contribution in [3.8, 4) is 5.69 Å². The molecule has 0 bridgehead atoms. The monoisotopic (exact) mass is 314 g/mol. The number of nitrogens with one attached hydrogen (secondary N) is 1. The first-order chi connectivity index (χ1) is 11.0. The van der Waals surface area contributed by atoms with E-state index in [1.807, 2.05) is 31.2 Å². The average Bonchev–Trinajstić information content (AvgIpc) is 3.16. The van der Waals surface area contributed by atoms with Crippen molar-refractivity contribution in [2.45, 2.75) is 32.2 Å². The zero-order chi connectivity index (χ0) is 16.4. The Kier molecular flexibility index (Phi) is 4.10. The van der Waals surface area contributed by atoms with Gasteiger partial charge in [-0.25, -0.2) is 4.68 Å². The third kappa shape index (κ3) is 3.39. The van der Waals surface area contributed by atoms with Crippen molar-refractivity contribution in [2.24, 2.45) is 5.92 Å². The summed E-state index contributed by atoms with van der Waals surface area (Å²) in [6.07, 6.45) is 3.31. The number of carboxylic acid groups (broad SMARTS) is 1. The fraction of sp³-hybridized carbons (Fsp3) is 0.375. The number of aryl methyl sites for hydroxylation is 1. The number of carbonyl (C=O) groups excluding carboxylic acids is 1. The highest BCUT2D eigenvalue weighted by Gasteiger charge is 2.31. The molecule has 1 amide bonds. The maximum absolute atomic E-state index is 12.2. The summed E-state index contributed by atoms with van der Waals surface area (Å²) in [5, 5.41) is 19.7. The van der Waals surface area contributed by atoms with Crippen LogP contribution in [0.25, 0.3) is 5.69 Å². The van der Waals surface area contributed by atoms with Crippen LogP contribution in [0.4, 0.5) is 0 Å². The van der Waals surface area contributed by atoms with Gasteiger partial charge in [0, 0.05) is 6.04 Å².